The monoisotopic (exact) mass is 319 g/mol. The van der Waals surface area contributed by atoms with E-state index in [0.717, 1.165) is 21.9 Å². The molecule has 3 aromatic heterocycles. The summed E-state index contributed by atoms with van der Waals surface area (Å²) in [6.07, 6.45) is 5.39. The number of pyridine rings is 1. The molecule has 4 nitrogen and oxygen atoms in total. The molecule has 0 radical (unpaired) electrons. The summed E-state index contributed by atoms with van der Waals surface area (Å²) in [5, 5.41) is 1.82. The zero-order chi connectivity index (χ0) is 15.8. The number of fused-ring (bicyclic) bond motifs is 1. The van der Waals surface area contributed by atoms with E-state index in [9.17, 15) is 4.79 Å². The van der Waals surface area contributed by atoms with Crippen molar-refractivity contribution < 1.29 is 4.79 Å². The Balaban J connectivity index is 1.84. The first-order valence-electron chi connectivity index (χ1n) is 7.23. The van der Waals surface area contributed by atoms with Gasteiger partial charge in [-0.25, -0.2) is 4.98 Å². The lowest BCUT2D eigenvalue weighted by Gasteiger charge is -2.02. The predicted molar refractivity (Wildman–Crippen MR) is 95.1 cm³/mol. The molecule has 0 amide bonds. The van der Waals surface area contributed by atoms with Crippen LogP contribution in [-0.2, 0) is 0 Å². The van der Waals surface area contributed by atoms with E-state index < -0.39 is 0 Å². The second-order valence-electron chi connectivity index (χ2n) is 5.36. The lowest BCUT2D eigenvalue weighted by molar-refractivity contribution is 0.104. The lowest BCUT2D eigenvalue weighted by Crippen LogP contribution is -2.03. The number of nitrogens with one attached hydrogen (secondary N) is 2. The van der Waals surface area contributed by atoms with E-state index in [2.05, 4.69) is 24.2 Å². The normalized spacial score (nSPS) is 11.0. The van der Waals surface area contributed by atoms with Gasteiger partial charge >= 0.3 is 0 Å². The topological polar surface area (TPSA) is 61.5 Å². The Labute approximate surface area is 135 Å². The number of aromatic amines is 2. The van der Waals surface area contributed by atoms with Crippen LogP contribution in [0.25, 0.3) is 22.3 Å². The molecule has 0 spiro atoms. The number of H-pyrrole nitrogens is 2. The van der Waals surface area contributed by atoms with Crippen molar-refractivity contribution in [3.63, 3.8) is 0 Å². The predicted octanol–water partition coefficient (Wildman–Crippen LogP) is 3.29. The molecule has 0 bridgehead atoms. The molecular weight excluding hydrogens is 305 g/mol. The molecule has 4 aromatic rings. The van der Waals surface area contributed by atoms with Crippen molar-refractivity contribution in [2.45, 2.75) is 0 Å². The number of aromatic nitrogens is 3. The Hall–Kier alpha value is -2.71. The van der Waals surface area contributed by atoms with Crippen LogP contribution in [0.3, 0.4) is 0 Å². The quantitative estimate of drug-likeness (QED) is 0.450. The largest absolute Gasteiger partial charge is 0.361 e. The van der Waals surface area contributed by atoms with Crippen molar-refractivity contribution in [3.05, 3.63) is 72.2 Å². The van der Waals surface area contributed by atoms with Crippen LogP contribution in [0.4, 0.5) is 0 Å². The van der Waals surface area contributed by atoms with Crippen molar-refractivity contribution >= 4 is 31.4 Å². The first kappa shape index (κ1) is 13.9. The molecule has 3 heterocycles. The first-order chi connectivity index (χ1) is 11.2. The molecule has 4 rings (SSSR count). The van der Waals surface area contributed by atoms with Gasteiger partial charge in [-0.2, -0.15) is 0 Å². The summed E-state index contributed by atoms with van der Waals surface area (Å²) in [5.41, 5.74) is 3.95. The van der Waals surface area contributed by atoms with Gasteiger partial charge in [-0.05, 0) is 29.6 Å². The van der Waals surface area contributed by atoms with Crippen LogP contribution in [0, 0.1) is 0 Å². The Morgan fingerprint density at radius 1 is 1.09 bits per heavy atom. The van der Waals surface area contributed by atoms with Crippen LogP contribution in [0.2, 0.25) is 0 Å². The number of hydrogen-bond donors (Lipinski definition) is 2. The summed E-state index contributed by atoms with van der Waals surface area (Å²) in [7, 11) is 2.61. The first-order valence-corrected chi connectivity index (χ1v) is 7.81. The van der Waals surface area contributed by atoms with E-state index in [4.69, 9.17) is 0 Å². The van der Waals surface area contributed by atoms with E-state index in [1.807, 2.05) is 48.7 Å². The third kappa shape index (κ3) is 2.47. The molecule has 0 aliphatic carbocycles. The van der Waals surface area contributed by atoms with Gasteiger partial charge in [-0.1, -0.05) is 18.2 Å². The number of nitrogens with zero attached hydrogens (tertiary/aromatic N) is 1. The molecule has 0 saturated carbocycles. The molecule has 1 unspecified atom stereocenters. The highest BCUT2D eigenvalue weighted by Crippen LogP contribution is 2.25. The number of benzene rings is 1. The second kappa shape index (κ2) is 5.49. The molecule has 1 aromatic carbocycles. The van der Waals surface area contributed by atoms with Gasteiger partial charge in [0.2, 0.25) is 0 Å². The summed E-state index contributed by atoms with van der Waals surface area (Å²) in [6, 6.07) is 13.4. The molecule has 0 aliphatic rings. The second-order valence-corrected chi connectivity index (χ2v) is 6.03. The van der Waals surface area contributed by atoms with Crippen molar-refractivity contribution in [1.82, 2.24) is 15.0 Å². The Morgan fingerprint density at radius 3 is 2.78 bits per heavy atom. The average Bonchev–Trinajstić information content (AvgIpc) is 3.23. The fraction of sp³-hybridized carbons (Fsp3) is 0. The van der Waals surface area contributed by atoms with Crippen LogP contribution in [0.15, 0.2) is 61.1 Å². The van der Waals surface area contributed by atoms with Crippen LogP contribution < -0.4 is 5.30 Å². The third-order valence-corrected chi connectivity index (χ3v) is 4.19. The molecule has 2 N–H and O–H groups in total. The van der Waals surface area contributed by atoms with Gasteiger partial charge in [0.1, 0.15) is 5.65 Å². The summed E-state index contributed by atoms with van der Waals surface area (Å²) in [5.74, 6) is -0.00835. The van der Waals surface area contributed by atoms with Crippen molar-refractivity contribution in [2.75, 3.05) is 0 Å². The van der Waals surface area contributed by atoms with Gasteiger partial charge in [-0.3, -0.25) is 4.79 Å². The van der Waals surface area contributed by atoms with E-state index in [0.29, 0.717) is 16.8 Å². The summed E-state index contributed by atoms with van der Waals surface area (Å²) >= 11 is 0. The van der Waals surface area contributed by atoms with Gasteiger partial charge in [-0.15, -0.1) is 9.24 Å². The van der Waals surface area contributed by atoms with Gasteiger partial charge < -0.3 is 9.97 Å². The van der Waals surface area contributed by atoms with Crippen molar-refractivity contribution in [3.8, 4) is 11.3 Å². The van der Waals surface area contributed by atoms with E-state index >= 15 is 0 Å². The Kier molecular flexibility index (Phi) is 3.32. The minimum atomic E-state index is -0.00835. The van der Waals surface area contributed by atoms with Gasteiger partial charge in [0.15, 0.2) is 5.78 Å². The van der Waals surface area contributed by atoms with Gasteiger partial charge in [0.25, 0.3) is 0 Å². The molecule has 0 saturated heterocycles. The molecular formula is C18H14N3OP. The van der Waals surface area contributed by atoms with E-state index in [-0.39, 0.29) is 5.78 Å². The average molecular weight is 319 g/mol. The number of hydrogen-bond acceptors (Lipinski definition) is 2. The number of rotatable bonds is 3. The zero-order valence-electron chi connectivity index (χ0n) is 12.2. The minimum Gasteiger partial charge on any atom is -0.361 e. The number of ketones is 1. The molecule has 1 atom stereocenters. The molecule has 5 heteroatoms. The lowest BCUT2D eigenvalue weighted by atomic mass is 10.0. The van der Waals surface area contributed by atoms with E-state index in [1.165, 1.54) is 0 Å². The van der Waals surface area contributed by atoms with Crippen molar-refractivity contribution in [1.29, 1.82) is 0 Å². The highest BCUT2D eigenvalue weighted by atomic mass is 31.0. The molecule has 0 aliphatic heterocycles. The number of carbonyl (C=O) groups excluding carboxylic acids is 1. The Morgan fingerprint density at radius 2 is 2.00 bits per heavy atom. The third-order valence-electron chi connectivity index (χ3n) is 3.83. The highest BCUT2D eigenvalue weighted by Gasteiger charge is 2.15. The van der Waals surface area contributed by atoms with Gasteiger partial charge in [0, 0.05) is 46.4 Å². The maximum absolute atomic E-state index is 12.8. The van der Waals surface area contributed by atoms with Crippen LogP contribution >= 0.6 is 9.24 Å². The highest BCUT2D eigenvalue weighted by molar-refractivity contribution is 7.27. The van der Waals surface area contributed by atoms with E-state index in [1.54, 1.807) is 12.4 Å². The van der Waals surface area contributed by atoms with Crippen molar-refractivity contribution in [2.24, 2.45) is 0 Å². The Bertz CT molecular complexity index is 1000. The summed E-state index contributed by atoms with van der Waals surface area (Å²) in [4.78, 5) is 23.5. The van der Waals surface area contributed by atoms with Gasteiger partial charge in [0.05, 0.1) is 0 Å². The minimum absolute atomic E-state index is 0.00835. The zero-order valence-corrected chi connectivity index (χ0v) is 13.4. The maximum atomic E-state index is 12.8. The van der Waals surface area contributed by atoms with Crippen LogP contribution in [-0.4, -0.2) is 20.7 Å². The smallest absolute Gasteiger partial charge is 0.195 e. The molecule has 0 fully saturated rings. The molecule has 112 valence electrons. The summed E-state index contributed by atoms with van der Waals surface area (Å²) in [6.45, 7) is 0. The molecule has 23 heavy (non-hydrogen) atoms. The number of carbonyl (C=O) groups is 1. The SMILES string of the molecule is O=C(c1cccc(P)c1)c1c[nH]c2ncc(-c3ccc[nH]3)cc12. The van der Waals surface area contributed by atoms with Crippen LogP contribution in [0.1, 0.15) is 15.9 Å². The standard InChI is InChI=1S/C18H14N3OP/c22-17(11-3-1-4-13(23)7-11)15-10-21-18-14(15)8-12(9-20-18)16-5-2-6-19-16/h1-10,19H,23H2,(H,20,21). The summed E-state index contributed by atoms with van der Waals surface area (Å²) < 4.78 is 0. The van der Waals surface area contributed by atoms with Crippen LogP contribution in [0.5, 0.6) is 0 Å². The maximum Gasteiger partial charge on any atom is 0.195 e. The fourth-order valence-electron chi connectivity index (χ4n) is 2.68. The fourth-order valence-corrected chi connectivity index (χ4v) is 2.97.